The van der Waals surface area contributed by atoms with Gasteiger partial charge in [-0.25, -0.2) is 4.98 Å². The Morgan fingerprint density at radius 1 is 0.952 bits per heavy atom. The van der Waals surface area contributed by atoms with Crippen molar-refractivity contribution in [2.45, 2.75) is 0 Å². The zero-order valence-electron chi connectivity index (χ0n) is 10.8. The van der Waals surface area contributed by atoms with Crippen LogP contribution in [0.25, 0.3) is 11.3 Å². The molecule has 0 aliphatic rings. The Bertz CT molecular complexity index is 744. The number of halogens is 2. The highest BCUT2D eigenvalue weighted by molar-refractivity contribution is 7.14. The first-order valence-corrected chi connectivity index (χ1v) is 7.84. The maximum Gasteiger partial charge on any atom is 0.202 e. The molecule has 0 saturated carbocycles. The van der Waals surface area contributed by atoms with Gasteiger partial charge in [0.05, 0.1) is 16.4 Å². The summed E-state index contributed by atoms with van der Waals surface area (Å²) in [6.07, 6.45) is 0. The average Bonchev–Trinajstić information content (AvgIpc) is 2.95. The Morgan fingerprint density at radius 3 is 2.52 bits per heavy atom. The summed E-state index contributed by atoms with van der Waals surface area (Å²) < 4.78 is 0. The summed E-state index contributed by atoms with van der Waals surface area (Å²) in [4.78, 5) is 4.50. The fraction of sp³-hybridized carbons (Fsp3) is 0. The van der Waals surface area contributed by atoms with Gasteiger partial charge in [0.2, 0.25) is 5.13 Å². The minimum atomic E-state index is 0.593. The molecule has 0 bridgehead atoms. The summed E-state index contributed by atoms with van der Waals surface area (Å²) in [6, 6.07) is 15.2. The number of benzene rings is 2. The van der Waals surface area contributed by atoms with Crippen LogP contribution in [-0.2, 0) is 0 Å². The standard InChI is InChI=1S/C15H11Cl2N3S/c16-10-6-7-12(13(17)8-10)14-9-21-15(18-14)20-19-11-4-2-1-3-5-11/h1-9,19H,(H,18,20). The fourth-order valence-electron chi connectivity index (χ4n) is 1.80. The second-order valence-electron chi connectivity index (χ2n) is 4.28. The van der Waals surface area contributed by atoms with Gasteiger partial charge in [0, 0.05) is 16.0 Å². The smallest absolute Gasteiger partial charge is 0.202 e. The van der Waals surface area contributed by atoms with Crippen LogP contribution in [0.3, 0.4) is 0 Å². The van der Waals surface area contributed by atoms with Crippen LogP contribution in [0.1, 0.15) is 0 Å². The monoisotopic (exact) mass is 335 g/mol. The molecule has 3 rings (SSSR count). The molecule has 0 spiro atoms. The largest absolute Gasteiger partial charge is 0.299 e. The molecule has 1 heterocycles. The molecule has 1 aromatic heterocycles. The Balaban J connectivity index is 1.74. The number of rotatable bonds is 4. The summed E-state index contributed by atoms with van der Waals surface area (Å²) in [7, 11) is 0. The van der Waals surface area contributed by atoms with Crippen LogP contribution in [-0.4, -0.2) is 4.98 Å². The van der Waals surface area contributed by atoms with Gasteiger partial charge in [-0.05, 0) is 30.3 Å². The van der Waals surface area contributed by atoms with E-state index in [0.717, 1.165) is 22.1 Å². The van der Waals surface area contributed by atoms with Crippen molar-refractivity contribution in [3.05, 3.63) is 64.0 Å². The molecular weight excluding hydrogens is 325 g/mol. The normalized spacial score (nSPS) is 10.4. The van der Waals surface area contributed by atoms with Crippen molar-refractivity contribution < 1.29 is 0 Å². The van der Waals surface area contributed by atoms with Gasteiger partial charge < -0.3 is 0 Å². The third-order valence-corrected chi connectivity index (χ3v) is 4.10. The van der Waals surface area contributed by atoms with E-state index in [1.54, 1.807) is 12.1 Å². The van der Waals surface area contributed by atoms with E-state index in [1.807, 2.05) is 41.8 Å². The fourth-order valence-corrected chi connectivity index (χ4v) is 2.97. The molecule has 0 amide bonds. The van der Waals surface area contributed by atoms with Crippen molar-refractivity contribution in [1.82, 2.24) is 4.98 Å². The maximum absolute atomic E-state index is 6.19. The lowest BCUT2D eigenvalue weighted by atomic mass is 10.2. The van der Waals surface area contributed by atoms with Crippen molar-refractivity contribution in [2.75, 3.05) is 10.9 Å². The molecule has 3 nitrogen and oxygen atoms in total. The minimum absolute atomic E-state index is 0.593. The lowest BCUT2D eigenvalue weighted by Gasteiger charge is -2.06. The second-order valence-corrected chi connectivity index (χ2v) is 5.98. The van der Waals surface area contributed by atoms with E-state index >= 15 is 0 Å². The molecule has 2 N–H and O–H groups in total. The first kappa shape index (κ1) is 14.2. The SMILES string of the molecule is Clc1ccc(-c2csc(NNc3ccccc3)n2)c(Cl)c1. The summed E-state index contributed by atoms with van der Waals surface area (Å²) in [6.45, 7) is 0. The summed E-state index contributed by atoms with van der Waals surface area (Å²) >= 11 is 13.6. The average molecular weight is 336 g/mol. The predicted octanol–water partition coefficient (Wildman–Crippen LogP) is 5.56. The van der Waals surface area contributed by atoms with Gasteiger partial charge in [-0.3, -0.25) is 10.9 Å². The predicted molar refractivity (Wildman–Crippen MR) is 91.3 cm³/mol. The number of hydrazine groups is 1. The first-order chi connectivity index (χ1) is 10.2. The van der Waals surface area contributed by atoms with Gasteiger partial charge in [-0.1, -0.05) is 41.4 Å². The molecule has 2 aromatic carbocycles. The molecule has 0 aliphatic heterocycles. The number of thiazole rings is 1. The molecule has 0 saturated heterocycles. The Hall–Kier alpha value is -1.75. The summed E-state index contributed by atoms with van der Waals surface area (Å²) in [5.74, 6) is 0. The number of nitrogens with zero attached hydrogens (tertiary/aromatic N) is 1. The third-order valence-electron chi connectivity index (χ3n) is 2.80. The van der Waals surface area contributed by atoms with Crippen molar-refractivity contribution in [2.24, 2.45) is 0 Å². The summed E-state index contributed by atoms with van der Waals surface area (Å²) in [5, 5.41) is 3.92. The summed E-state index contributed by atoms with van der Waals surface area (Å²) in [5.41, 5.74) is 8.82. The molecule has 3 aromatic rings. The number of aromatic nitrogens is 1. The van der Waals surface area contributed by atoms with Crippen LogP contribution in [0.2, 0.25) is 10.0 Å². The number of nitrogens with one attached hydrogen (secondary N) is 2. The van der Waals surface area contributed by atoms with E-state index in [4.69, 9.17) is 23.2 Å². The van der Waals surface area contributed by atoms with Crippen LogP contribution in [0.4, 0.5) is 10.8 Å². The van der Waals surface area contributed by atoms with Crippen LogP contribution >= 0.6 is 34.5 Å². The zero-order chi connectivity index (χ0) is 14.7. The number of para-hydroxylation sites is 1. The molecule has 0 unspecified atom stereocenters. The Morgan fingerprint density at radius 2 is 1.76 bits per heavy atom. The van der Waals surface area contributed by atoms with E-state index in [1.165, 1.54) is 11.3 Å². The van der Waals surface area contributed by atoms with E-state index in [-0.39, 0.29) is 0 Å². The first-order valence-electron chi connectivity index (χ1n) is 6.20. The maximum atomic E-state index is 6.19. The molecule has 0 aliphatic carbocycles. The molecule has 0 fully saturated rings. The van der Waals surface area contributed by atoms with Gasteiger partial charge in [-0.15, -0.1) is 11.3 Å². The quantitative estimate of drug-likeness (QED) is 0.613. The Kier molecular flexibility index (Phi) is 4.29. The second kappa shape index (κ2) is 6.35. The van der Waals surface area contributed by atoms with E-state index in [9.17, 15) is 0 Å². The topological polar surface area (TPSA) is 37.0 Å². The molecule has 6 heteroatoms. The van der Waals surface area contributed by atoms with Crippen molar-refractivity contribution in [3.8, 4) is 11.3 Å². The molecule has 0 atom stereocenters. The molecule has 0 radical (unpaired) electrons. The molecular formula is C15H11Cl2N3S. The number of anilines is 2. The van der Waals surface area contributed by atoms with Gasteiger partial charge in [-0.2, -0.15) is 0 Å². The Labute approximate surface area is 136 Å². The lowest BCUT2D eigenvalue weighted by Crippen LogP contribution is -2.07. The van der Waals surface area contributed by atoms with E-state index < -0.39 is 0 Å². The number of hydrogen-bond donors (Lipinski definition) is 2. The van der Waals surface area contributed by atoms with Crippen LogP contribution in [0.5, 0.6) is 0 Å². The highest BCUT2D eigenvalue weighted by atomic mass is 35.5. The molecule has 21 heavy (non-hydrogen) atoms. The van der Waals surface area contributed by atoms with Crippen molar-refractivity contribution in [1.29, 1.82) is 0 Å². The van der Waals surface area contributed by atoms with Crippen molar-refractivity contribution in [3.63, 3.8) is 0 Å². The zero-order valence-corrected chi connectivity index (χ0v) is 13.1. The van der Waals surface area contributed by atoms with Gasteiger partial charge in [0.1, 0.15) is 0 Å². The third kappa shape index (κ3) is 3.47. The van der Waals surface area contributed by atoms with Gasteiger partial charge >= 0.3 is 0 Å². The lowest BCUT2D eigenvalue weighted by molar-refractivity contribution is 1.33. The highest BCUT2D eigenvalue weighted by Gasteiger charge is 2.08. The van der Waals surface area contributed by atoms with Crippen LogP contribution in [0.15, 0.2) is 53.9 Å². The van der Waals surface area contributed by atoms with E-state index in [2.05, 4.69) is 15.8 Å². The van der Waals surface area contributed by atoms with Crippen LogP contribution in [0, 0.1) is 0 Å². The van der Waals surface area contributed by atoms with Crippen LogP contribution < -0.4 is 10.9 Å². The van der Waals surface area contributed by atoms with E-state index in [0.29, 0.717) is 10.0 Å². The number of hydrogen-bond acceptors (Lipinski definition) is 4. The van der Waals surface area contributed by atoms with Gasteiger partial charge in [0.15, 0.2) is 0 Å². The minimum Gasteiger partial charge on any atom is -0.299 e. The molecule has 106 valence electrons. The highest BCUT2D eigenvalue weighted by Crippen LogP contribution is 2.32. The van der Waals surface area contributed by atoms with Crippen molar-refractivity contribution >= 4 is 45.4 Å². The van der Waals surface area contributed by atoms with Gasteiger partial charge in [0.25, 0.3) is 0 Å².